The largest absolute Gasteiger partial charge is 0.493 e. The first-order valence-corrected chi connectivity index (χ1v) is 9.84. The van der Waals surface area contributed by atoms with Crippen molar-refractivity contribution in [3.05, 3.63) is 65.4 Å². The average molecular weight is 386 g/mol. The highest BCUT2D eigenvalue weighted by atomic mass is 16.5. The normalized spacial score (nSPS) is 18.1. The lowest BCUT2D eigenvalue weighted by Crippen LogP contribution is -2.27. The molecular formula is C24H22N2O3. The summed E-state index contributed by atoms with van der Waals surface area (Å²) in [5, 5.41) is 4.71. The minimum absolute atomic E-state index is 0.209. The van der Waals surface area contributed by atoms with E-state index in [2.05, 4.69) is 22.4 Å². The molecule has 1 N–H and O–H groups in total. The number of carbonyl (C=O) groups is 1. The molecule has 0 spiro atoms. The fourth-order valence-electron chi connectivity index (χ4n) is 4.57. The van der Waals surface area contributed by atoms with Crippen LogP contribution in [0.2, 0.25) is 0 Å². The molecule has 1 aromatic heterocycles. The third-order valence-electron chi connectivity index (χ3n) is 5.87. The SMILES string of the molecule is COc1ccc([C@H]2Nc3ccc4ncccc4c3C3=C2C(=O)CCC3)cc1OC. The van der Waals surface area contributed by atoms with Crippen molar-refractivity contribution in [2.75, 3.05) is 19.5 Å². The van der Waals surface area contributed by atoms with E-state index in [0.717, 1.165) is 51.7 Å². The van der Waals surface area contributed by atoms with Crippen LogP contribution in [0.4, 0.5) is 5.69 Å². The Morgan fingerprint density at radius 2 is 1.90 bits per heavy atom. The van der Waals surface area contributed by atoms with Gasteiger partial charge < -0.3 is 14.8 Å². The zero-order valence-corrected chi connectivity index (χ0v) is 16.5. The van der Waals surface area contributed by atoms with Crippen molar-refractivity contribution in [2.24, 2.45) is 0 Å². The van der Waals surface area contributed by atoms with Gasteiger partial charge in [-0.25, -0.2) is 0 Å². The number of anilines is 1. The standard InChI is InChI=1S/C24H22N2O3/c1-28-20-11-8-14(13-21(20)29-2)24-23-16(5-3-7-19(23)27)22-15-6-4-12-25-17(15)9-10-18(22)26-24/h4,6,8-13,24,26H,3,5,7H2,1-2H3/t24-/m1/s1. The number of pyridine rings is 1. The first-order valence-electron chi connectivity index (χ1n) is 9.84. The Morgan fingerprint density at radius 3 is 2.72 bits per heavy atom. The van der Waals surface area contributed by atoms with Crippen LogP contribution in [-0.2, 0) is 4.79 Å². The van der Waals surface area contributed by atoms with Crippen LogP contribution in [0.3, 0.4) is 0 Å². The Bertz CT molecular complexity index is 1170. The number of benzene rings is 2. The third kappa shape index (κ3) is 2.77. The molecule has 1 aliphatic carbocycles. The minimum Gasteiger partial charge on any atom is -0.493 e. The van der Waals surface area contributed by atoms with E-state index in [0.29, 0.717) is 17.9 Å². The number of nitrogens with one attached hydrogen (secondary N) is 1. The highest BCUT2D eigenvalue weighted by Gasteiger charge is 2.35. The van der Waals surface area contributed by atoms with Crippen LogP contribution in [-0.4, -0.2) is 25.0 Å². The Kier molecular flexibility index (Phi) is 4.23. The number of ether oxygens (including phenoxy) is 2. The van der Waals surface area contributed by atoms with Gasteiger partial charge >= 0.3 is 0 Å². The molecular weight excluding hydrogens is 364 g/mol. The number of ketones is 1. The molecule has 1 atom stereocenters. The van der Waals surface area contributed by atoms with E-state index in [1.807, 2.05) is 30.3 Å². The minimum atomic E-state index is -0.209. The molecule has 2 aliphatic rings. The number of methoxy groups -OCH3 is 2. The van der Waals surface area contributed by atoms with Crippen molar-refractivity contribution in [3.8, 4) is 11.5 Å². The van der Waals surface area contributed by atoms with Gasteiger partial charge in [0.1, 0.15) is 0 Å². The van der Waals surface area contributed by atoms with E-state index in [-0.39, 0.29) is 11.8 Å². The molecule has 1 aliphatic heterocycles. The zero-order valence-electron chi connectivity index (χ0n) is 16.5. The Hall–Kier alpha value is -3.34. The molecule has 146 valence electrons. The molecule has 0 radical (unpaired) electrons. The molecule has 0 saturated carbocycles. The van der Waals surface area contributed by atoms with Crippen molar-refractivity contribution >= 4 is 27.9 Å². The first-order chi connectivity index (χ1) is 14.2. The van der Waals surface area contributed by atoms with Gasteiger partial charge in [-0.15, -0.1) is 0 Å². The van der Waals surface area contributed by atoms with Gasteiger partial charge in [0, 0.05) is 34.8 Å². The second kappa shape index (κ2) is 6.92. The van der Waals surface area contributed by atoms with Gasteiger partial charge in [0.05, 0.1) is 25.8 Å². The summed E-state index contributed by atoms with van der Waals surface area (Å²) >= 11 is 0. The number of hydrogen-bond acceptors (Lipinski definition) is 5. The molecule has 0 saturated heterocycles. The fourth-order valence-corrected chi connectivity index (χ4v) is 4.57. The lowest BCUT2D eigenvalue weighted by Gasteiger charge is -2.35. The number of nitrogens with zero attached hydrogens (tertiary/aromatic N) is 1. The first kappa shape index (κ1) is 17.7. The number of fused-ring (bicyclic) bond motifs is 4. The molecule has 5 heteroatoms. The lowest BCUT2D eigenvalue weighted by atomic mass is 9.77. The lowest BCUT2D eigenvalue weighted by molar-refractivity contribution is -0.116. The van der Waals surface area contributed by atoms with E-state index in [1.54, 1.807) is 20.4 Å². The van der Waals surface area contributed by atoms with Gasteiger partial charge in [-0.1, -0.05) is 12.1 Å². The molecule has 0 fully saturated rings. The average Bonchev–Trinajstić information content (AvgIpc) is 2.77. The van der Waals surface area contributed by atoms with Crippen LogP contribution in [0.25, 0.3) is 16.5 Å². The van der Waals surface area contributed by atoms with Gasteiger partial charge in [-0.3, -0.25) is 9.78 Å². The molecule has 5 nitrogen and oxygen atoms in total. The summed E-state index contributed by atoms with van der Waals surface area (Å²) in [5.41, 5.74) is 6.11. The van der Waals surface area contributed by atoms with E-state index in [4.69, 9.17) is 9.47 Å². The maximum absolute atomic E-state index is 13.1. The van der Waals surface area contributed by atoms with Gasteiger partial charge in [-0.2, -0.15) is 0 Å². The molecule has 5 rings (SSSR count). The monoisotopic (exact) mass is 386 g/mol. The molecule has 3 aromatic rings. The van der Waals surface area contributed by atoms with Crippen molar-refractivity contribution in [1.29, 1.82) is 0 Å². The van der Waals surface area contributed by atoms with Gasteiger partial charge in [0.2, 0.25) is 0 Å². The molecule has 29 heavy (non-hydrogen) atoms. The number of rotatable bonds is 3. The topological polar surface area (TPSA) is 60.5 Å². The summed E-state index contributed by atoms with van der Waals surface area (Å²) in [6, 6.07) is 13.8. The third-order valence-corrected chi connectivity index (χ3v) is 5.87. The molecule has 0 bridgehead atoms. The summed E-state index contributed by atoms with van der Waals surface area (Å²) in [5.74, 6) is 1.55. The Labute approximate surface area is 169 Å². The predicted molar refractivity (Wildman–Crippen MR) is 113 cm³/mol. The summed E-state index contributed by atoms with van der Waals surface area (Å²) in [6.07, 6.45) is 4.17. The summed E-state index contributed by atoms with van der Waals surface area (Å²) in [4.78, 5) is 17.6. The molecule has 2 heterocycles. The van der Waals surface area contributed by atoms with Crippen molar-refractivity contribution in [3.63, 3.8) is 0 Å². The number of aromatic nitrogens is 1. The predicted octanol–water partition coefficient (Wildman–Crippen LogP) is 4.93. The summed E-state index contributed by atoms with van der Waals surface area (Å²) in [6.45, 7) is 0. The van der Waals surface area contributed by atoms with E-state index >= 15 is 0 Å². The van der Waals surface area contributed by atoms with Gasteiger partial charge in [0.25, 0.3) is 0 Å². The van der Waals surface area contributed by atoms with Crippen LogP contribution in [0.1, 0.15) is 36.4 Å². The number of allylic oxidation sites excluding steroid dienone is 1. The second-order valence-electron chi connectivity index (χ2n) is 7.42. The number of carbonyl (C=O) groups excluding carboxylic acids is 1. The quantitative estimate of drug-likeness (QED) is 0.692. The highest BCUT2D eigenvalue weighted by Crippen LogP contribution is 2.48. The van der Waals surface area contributed by atoms with E-state index in [1.165, 1.54) is 0 Å². The van der Waals surface area contributed by atoms with E-state index in [9.17, 15) is 4.79 Å². The van der Waals surface area contributed by atoms with Crippen LogP contribution < -0.4 is 14.8 Å². The Balaban J connectivity index is 1.73. The van der Waals surface area contributed by atoms with Crippen LogP contribution in [0.15, 0.2) is 54.2 Å². The highest BCUT2D eigenvalue weighted by molar-refractivity contribution is 6.12. The van der Waals surface area contributed by atoms with Gasteiger partial charge in [-0.05, 0) is 54.3 Å². The zero-order chi connectivity index (χ0) is 20.0. The van der Waals surface area contributed by atoms with E-state index < -0.39 is 0 Å². The Morgan fingerprint density at radius 1 is 1.03 bits per heavy atom. The van der Waals surface area contributed by atoms with Crippen molar-refractivity contribution in [2.45, 2.75) is 25.3 Å². The maximum atomic E-state index is 13.1. The van der Waals surface area contributed by atoms with Crippen LogP contribution in [0, 0.1) is 0 Å². The van der Waals surface area contributed by atoms with Crippen LogP contribution in [0.5, 0.6) is 11.5 Å². The van der Waals surface area contributed by atoms with Crippen molar-refractivity contribution in [1.82, 2.24) is 4.98 Å². The van der Waals surface area contributed by atoms with Gasteiger partial charge in [0.15, 0.2) is 17.3 Å². The molecule has 0 unspecified atom stereocenters. The second-order valence-corrected chi connectivity index (χ2v) is 7.42. The van der Waals surface area contributed by atoms with Crippen molar-refractivity contribution < 1.29 is 14.3 Å². The molecule has 0 amide bonds. The number of hydrogen-bond donors (Lipinski definition) is 1. The maximum Gasteiger partial charge on any atom is 0.161 e. The number of Topliss-reactive ketones (excluding diaryl/α,β-unsaturated/α-hetero) is 1. The smallest absolute Gasteiger partial charge is 0.161 e. The van der Waals surface area contributed by atoms with Crippen LogP contribution >= 0.6 is 0 Å². The molecule has 2 aromatic carbocycles. The fraction of sp³-hybridized carbons (Fsp3) is 0.250. The summed E-state index contributed by atoms with van der Waals surface area (Å²) in [7, 11) is 3.25. The summed E-state index contributed by atoms with van der Waals surface area (Å²) < 4.78 is 10.9.